The molecule has 0 spiro atoms. The van der Waals surface area contributed by atoms with Crippen molar-refractivity contribution in [2.24, 2.45) is 5.41 Å². The van der Waals surface area contributed by atoms with E-state index >= 15 is 0 Å². The number of hydrogen-bond donors (Lipinski definition) is 1. The largest absolute Gasteiger partial charge is 0.317 e. The molecule has 0 unspecified atom stereocenters. The van der Waals surface area contributed by atoms with Gasteiger partial charge < -0.3 is 10.2 Å². The lowest BCUT2D eigenvalue weighted by molar-refractivity contribution is 0.114. The van der Waals surface area contributed by atoms with E-state index in [0.29, 0.717) is 5.41 Å². The van der Waals surface area contributed by atoms with Crippen molar-refractivity contribution in [2.45, 2.75) is 52.9 Å². The first kappa shape index (κ1) is 14.0. The molecule has 1 saturated heterocycles. The average molecular weight is 226 g/mol. The third kappa shape index (κ3) is 4.84. The molecule has 1 fully saturated rings. The second-order valence-corrected chi connectivity index (χ2v) is 5.61. The zero-order valence-corrected chi connectivity index (χ0v) is 11.5. The predicted molar refractivity (Wildman–Crippen MR) is 71.8 cm³/mol. The van der Waals surface area contributed by atoms with Crippen LogP contribution in [0.3, 0.4) is 0 Å². The van der Waals surface area contributed by atoms with Gasteiger partial charge in [0.05, 0.1) is 0 Å². The minimum atomic E-state index is 0.636. The van der Waals surface area contributed by atoms with Crippen LogP contribution in [0.4, 0.5) is 0 Å². The van der Waals surface area contributed by atoms with E-state index < -0.39 is 0 Å². The monoisotopic (exact) mass is 226 g/mol. The number of nitrogens with zero attached hydrogens (tertiary/aromatic N) is 1. The van der Waals surface area contributed by atoms with E-state index in [1.54, 1.807) is 0 Å². The first-order valence-electron chi connectivity index (χ1n) is 7.13. The average Bonchev–Trinajstić information content (AvgIpc) is 2.31. The summed E-state index contributed by atoms with van der Waals surface area (Å²) in [6.45, 7) is 13.3. The van der Waals surface area contributed by atoms with E-state index in [0.717, 1.165) is 0 Å². The van der Waals surface area contributed by atoms with Gasteiger partial charge in [0.1, 0.15) is 0 Å². The normalized spacial score (nSPS) is 21.2. The second kappa shape index (κ2) is 7.29. The summed E-state index contributed by atoms with van der Waals surface area (Å²) in [5.74, 6) is 0. The third-order valence-corrected chi connectivity index (χ3v) is 4.17. The van der Waals surface area contributed by atoms with Crippen molar-refractivity contribution in [3.8, 4) is 0 Å². The van der Waals surface area contributed by atoms with Crippen LogP contribution < -0.4 is 5.32 Å². The Hall–Kier alpha value is -0.0800. The van der Waals surface area contributed by atoms with E-state index in [1.165, 1.54) is 64.8 Å². The van der Waals surface area contributed by atoms with E-state index in [9.17, 15) is 0 Å². The highest BCUT2D eigenvalue weighted by Crippen LogP contribution is 2.33. The second-order valence-electron chi connectivity index (χ2n) is 5.61. The maximum absolute atomic E-state index is 3.48. The fourth-order valence-corrected chi connectivity index (χ4v) is 2.40. The van der Waals surface area contributed by atoms with Crippen LogP contribution in [0.15, 0.2) is 0 Å². The summed E-state index contributed by atoms with van der Waals surface area (Å²) in [6.07, 6.45) is 6.69. The third-order valence-electron chi connectivity index (χ3n) is 4.17. The molecule has 1 aliphatic rings. The van der Waals surface area contributed by atoms with E-state index in [2.05, 4.69) is 31.0 Å². The van der Waals surface area contributed by atoms with Crippen LogP contribution in [-0.4, -0.2) is 37.6 Å². The summed E-state index contributed by atoms with van der Waals surface area (Å²) in [6, 6.07) is 0. The molecule has 1 aliphatic heterocycles. The van der Waals surface area contributed by atoms with Gasteiger partial charge in [0.2, 0.25) is 0 Å². The topological polar surface area (TPSA) is 15.3 Å². The van der Waals surface area contributed by atoms with Gasteiger partial charge in [0.25, 0.3) is 0 Å². The molecule has 2 heteroatoms. The zero-order valence-electron chi connectivity index (χ0n) is 11.5. The Labute approximate surface area is 102 Å². The first-order chi connectivity index (χ1) is 7.70. The van der Waals surface area contributed by atoms with Gasteiger partial charge in [-0.3, -0.25) is 0 Å². The summed E-state index contributed by atoms with van der Waals surface area (Å²) in [4.78, 5) is 2.64. The summed E-state index contributed by atoms with van der Waals surface area (Å²) >= 11 is 0. The minimum absolute atomic E-state index is 0.636. The lowest BCUT2D eigenvalue weighted by atomic mass is 9.78. The highest BCUT2D eigenvalue weighted by Gasteiger charge is 2.27. The molecule has 96 valence electrons. The van der Waals surface area contributed by atoms with E-state index in [1.807, 2.05) is 0 Å². The Balaban J connectivity index is 2.04. The van der Waals surface area contributed by atoms with Gasteiger partial charge in [0, 0.05) is 0 Å². The molecule has 0 aromatic rings. The van der Waals surface area contributed by atoms with Crippen LogP contribution >= 0.6 is 0 Å². The molecule has 0 amide bonds. The molecule has 0 bridgehead atoms. The number of nitrogens with one attached hydrogen (secondary N) is 1. The van der Waals surface area contributed by atoms with Crippen LogP contribution in [0.5, 0.6) is 0 Å². The molecule has 16 heavy (non-hydrogen) atoms. The van der Waals surface area contributed by atoms with Crippen LogP contribution in [0.25, 0.3) is 0 Å². The molecular weight excluding hydrogens is 196 g/mol. The number of piperidine rings is 1. The molecule has 0 aromatic heterocycles. The van der Waals surface area contributed by atoms with Crippen molar-refractivity contribution in [3.05, 3.63) is 0 Å². The van der Waals surface area contributed by atoms with Crippen LogP contribution in [-0.2, 0) is 0 Å². The molecular formula is C14H30N2. The zero-order chi connectivity index (χ0) is 11.9. The molecule has 0 saturated carbocycles. The summed E-state index contributed by atoms with van der Waals surface area (Å²) in [5, 5.41) is 3.48. The van der Waals surface area contributed by atoms with Gasteiger partial charge in [-0.2, -0.15) is 0 Å². The quantitative estimate of drug-likeness (QED) is 0.672. The summed E-state index contributed by atoms with van der Waals surface area (Å²) in [7, 11) is 0. The Bertz CT molecular complexity index is 172. The highest BCUT2D eigenvalue weighted by atomic mass is 15.1. The van der Waals surface area contributed by atoms with E-state index in [4.69, 9.17) is 0 Å². The lowest BCUT2D eigenvalue weighted by Gasteiger charge is -2.39. The highest BCUT2D eigenvalue weighted by molar-refractivity contribution is 4.81. The van der Waals surface area contributed by atoms with Gasteiger partial charge in [-0.25, -0.2) is 0 Å². The van der Waals surface area contributed by atoms with Crippen molar-refractivity contribution in [1.82, 2.24) is 10.2 Å². The molecule has 0 radical (unpaired) electrons. The maximum Gasteiger partial charge on any atom is -0.000663 e. The predicted octanol–water partition coefficient (Wildman–Crippen LogP) is 2.89. The Morgan fingerprint density at radius 2 is 1.81 bits per heavy atom. The van der Waals surface area contributed by atoms with Crippen molar-refractivity contribution < 1.29 is 0 Å². The number of hydrogen-bond acceptors (Lipinski definition) is 2. The smallest absolute Gasteiger partial charge is 0.000663 e. The van der Waals surface area contributed by atoms with E-state index in [-0.39, 0.29) is 0 Å². The first-order valence-corrected chi connectivity index (χ1v) is 7.13. The molecule has 1 heterocycles. The van der Waals surface area contributed by atoms with Gasteiger partial charge in [-0.05, 0) is 63.8 Å². The van der Waals surface area contributed by atoms with Crippen molar-refractivity contribution in [2.75, 3.05) is 32.7 Å². The number of likely N-dealkylation sites (tertiary alicyclic amines) is 1. The van der Waals surface area contributed by atoms with Crippen LogP contribution in [0.2, 0.25) is 0 Å². The maximum atomic E-state index is 3.48. The molecule has 0 aromatic carbocycles. The molecule has 2 nitrogen and oxygen atoms in total. The SMILES string of the molecule is CCCNCCCN1CCC(C)(CC)CC1. The lowest BCUT2D eigenvalue weighted by Crippen LogP contribution is -2.39. The fourth-order valence-electron chi connectivity index (χ4n) is 2.40. The summed E-state index contributed by atoms with van der Waals surface area (Å²) in [5.41, 5.74) is 0.636. The standard InChI is InChI=1S/C14H30N2/c1-4-9-15-10-6-11-16-12-7-14(3,5-2)8-13-16/h15H,4-13H2,1-3H3. The molecule has 1 N–H and O–H groups in total. The van der Waals surface area contributed by atoms with Crippen LogP contribution in [0, 0.1) is 5.41 Å². The molecule has 1 rings (SSSR count). The summed E-state index contributed by atoms with van der Waals surface area (Å²) < 4.78 is 0. The Morgan fingerprint density at radius 3 is 2.38 bits per heavy atom. The fraction of sp³-hybridized carbons (Fsp3) is 1.00. The van der Waals surface area contributed by atoms with Gasteiger partial charge in [-0.15, -0.1) is 0 Å². The minimum Gasteiger partial charge on any atom is -0.317 e. The van der Waals surface area contributed by atoms with Gasteiger partial charge in [-0.1, -0.05) is 27.2 Å². The van der Waals surface area contributed by atoms with Crippen LogP contribution in [0.1, 0.15) is 52.9 Å². The molecule has 0 aliphatic carbocycles. The molecule has 0 atom stereocenters. The van der Waals surface area contributed by atoms with Gasteiger partial charge >= 0.3 is 0 Å². The van der Waals surface area contributed by atoms with Crippen molar-refractivity contribution in [3.63, 3.8) is 0 Å². The Morgan fingerprint density at radius 1 is 1.12 bits per heavy atom. The van der Waals surface area contributed by atoms with Crippen molar-refractivity contribution in [1.29, 1.82) is 0 Å². The number of rotatable bonds is 7. The van der Waals surface area contributed by atoms with Crippen molar-refractivity contribution >= 4 is 0 Å². The van der Waals surface area contributed by atoms with Gasteiger partial charge in [0.15, 0.2) is 0 Å². The Kier molecular flexibility index (Phi) is 6.37.